The number of rotatable bonds is 10. The molecule has 7 heteroatoms. The highest BCUT2D eigenvalue weighted by Crippen LogP contribution is 2.36. The summed E-state index contributed by atoms with van der Waals surface area (Å²) in [5.74, 6) is -1.64. The zero-order valence-corrected chi connectivity index (χ0v) is 14.8. The number of carbonyl (C=O) groups excluding carboxylic acids is 4. The van der Waals surface area contributed by atoms with Crippen LogP contribution in [-0.2, 0) is 33.4 Å². The molecule has 0 N–H and O–H groups in total. The molecule has 0 radical (unpaired) electrons. The van der Waals surface area contributed by atoms with Gasteiger partial charge in [0.2, 0.25) is 0 Å². The molecule has 25 heavy (non-hydrogen) atoms. The minimum absolute atomic E-state index is 0.0322. The van der Waals surface area contributed by atoms with Crippen molar-refractivity contribution in [3.63, 3.8) is 0 Å². The molecule has 0 amide bonds. The van der Waals surface area contributed by atoms with E-state index in [0.717, 1.165) is 12.8 Å². The van der Waals surface area contributed by atoms with Gasteiger partial charge in [-0.15, -0.1) is 0 Å². The predicted octanol–water partition coefficient (Wildman–Crippen LogP) is 1.32. The molecule has 0 aromatic carbocycles. The second kappa shape index (κ2) is 9.08. The average molecular weight is 354 g/mol. The lowest BCUT2D eigenvalue weighted by molar-refractivity contribution is -0.160. The van der Waals surface area contributed by atoms with Crippen LogP contribution >= 0.6 is 0 Å². The Labute approximate surface area is 147 Å². The Balaban J connectivity index is 1.48. The van der Waals surface area contributed by atoms with E-state index in [9.17, 15) is 19.2 Å². The van der Waals surface area contributed by atoms with Crippen LogP contribution in [0.5, 0.6) is 0 Å². The molecule has 2 aliphatic rings. The van der Waals surface area contributed by atoms with Gasteiger partial charge in [-0.1, -0.05) is 0 Å². The molecule has 0 aromatic heterocycles. The third-order valence-electron chi connectivity index (χ3n) is 5.14. The molecule has 0 bridgehead atoms. The second-order valence-electron chi connectivity index (χ2n) is 6.75. The first-order chi connectivity index (χ1) is 11.9. The Morgan fingerprint density at radius 3 is 1.28 bits per heavy atom. The first-order valence-corrected chi connectivity index (χ1v) is 8.83. The summed E-state index contributed by atoms with van der Waals surface area (Å²) < 4.78 is 15.5. The number of ether oxygens (including phenoxy) is 3. The van der Waals surface area contributed by atoms with Crippen molar-refractivity contribution in [1.29, 1.82) is 0 Å². The summed E-state index contributed by atoms with van der Waals surface area (Å²) in [6, 6.07) is 0. The van der Waals surface area contributed by atoms with Crippen molar-refractivity contribution in [2.75, 3.05) is 26.4 Å². The Morgan fingerprint density at radius 2 is 1.00 bits per heavy atom. The highest BCUT2D eigenvalue weighted by Gasteiger charge is 2.41. The molecule has 2 saturated carbocycles. The molecule has 0 aliphatic heterocycles. The van der Waals surface area contributed by atoms with E-state index in [0.29, 0.717) is 12.8 Å². The van der Waals surface area contributed by atoms with Gasteiger partial charge in [-0.2, -0.15) is 0 Å². The van der Waals surface area contributed by atoms with Crippen molar-refractivity contribution in [2.45, 2.75) is 39.5 Å². The Kier molecular flexibility index (Phi) is 7.11. The van der Waals surface area contributed by atoms with Crippen molar-refractivity contribution in [1.82, 2.24) is 0 Å². The first-order valence-electron chi connectivity index (χ1n) is 8.83. The number of carbonyl (C=O) groups is 4. The van der Waals surface area contributed by atoms with Crippen molar-refractivity contribution < 1.29 is 33.4 Å². The van der Waals surface area contributed by atoms with E-state index in [1.165, 1.54) is 13.8 Å². The van der Waals surface area contributed by atoms with Gasteiger partial charge in [-0.3, -0.25) is 19.2 Å². The molecule has 2 fully saturated rings. The Bertz CT molecular complexity index is 482. The lowest BCUT2D eigenvalue weighted by Gasteiger charge is -2.32. The van der Waals surface area contributed by atoms with Crippen LogP contribution in [0, 0.1) is 23.7 Å². The molecule has 2 rings (SSSR count). The van der Waals surface area contributed by atoms with E-state index in [-0.39, 0.29) is 73.6 Å². The van der Waals surface area contributed by atoms with E-state index in [2.05, 4.69) is 0 Å². The zero-order valence-electron chi connectivity index (χ0n) is 14.8. The van der Waals surface area contributed by atoms with E-state index in [1.54, 1.807) is 0 Å². The fraction of sp³-hybridized carbons (Fsp3) is 0.778. The number of Topliss-reactive ketones (excluding diaryl/α,β-unsaturated/α-hetero) is 2. The average Bonchev–Trinajstić information content (AvgIpc) is 2.42. The van der Waals surface area contributed by atoms with Gasteiger partial charge in [-0.25, -0.2) is 0 Å². The number of ketones is 2. The van der Waals surface area contributed by atoms with Gasteiger partial charge < -0.3 is 14.2 Å². The van der Waals surface area contributed by atoms with Crippen LogP contribution in [-0.4, -0.2) is 49.9 Å². The second-order valence-corrected chi connectivity index (χ2v) is 6.75. The molecule has 0 heterocycles. The Morgan fingerprint density at radius 1 is 0.640 bits per heavy atom. The van der Waals surface area contributed by atoms with Gasteiger partial charge in [0.1, 0.15) is 24.8 Å². The van der Waals surface area contributed by atoms with Crippen LogP contribution in [0.2, 0.25) is 0 Å². The summed E-state index contributed by atoms with van der Waals surface area (Å²) in [6.45, 7) is 3.64. The fourth-order valence-corrected chi connectivity index (χ4v) is 3.26. The lowest BCUT2D eigenvalue weighted by atomic mass is 9.72. The SMILES string of the molecule is CC(=O)[C@H]1CC[C@@H]1C(=O)OCCOCCOC(=O)[C@@H]1CC[C@H]1C(C)=O. The van der Waals surface area contributed by atoms with E-state index in [1.807, 2.05) is 0 Å². The summed E-state index contributed by atoms with van der Waals surface area (Å²) in [6.07, 6.45) is 2.90. The van der Waals surface area contributed by atoms with E-state index in [4.69, 9.17) is 14.2 Å². The van der Waals surface area contributed by atoms with E-state index < -0.39 is 0 Å². The minimum Gasteiger partial charge on any atom is -0.463 e. The maximum Gasteiger partial charge on any atom is 0.309 e. The Hall–Kier alpha value is -1.76. The van der Waals surface area contributed by atoms with Crippen molar-refractivity contribution in [3.05, 3.63) is 0 Å². The van der Waals surface area contributed by atoms with Gasteiger partial charge >= 0.3 is 11.9 Å². The third-order valence-corrected chi connectivity index (χ3v) is 5.14. The summed E-state index contributed by atoms with van der Waals surface area (Å²) in [7, 11) is 0. The maximum atomic E-state index is 11.8. The molecular weight excluding hydrogens is 328 g/mol. The topological polar surface area (TPSA) is 96.0 Å². The first kappa shape index (κ1) is 19.6. The molecule has 2 aliphatic carbocycles. The number of hydrogen-bond acceptors (Lipinski definition) is 7. The van der Waals surface area contributed by atoms with Crippen molar-refractivity contribution >= 4 is 23.5 Å². The molecule has 0 spiro atoms. The third kappa shape index (κ3) is 5.11. The summed E-state index contributed by atoms with van der Waals surface area (Å²) in [5.41, 5.74) is 0. The largest absolute Gasteiger partial charge is 0.463 e. The quantitative estimate of drug-likeness (QED) is 0.431. The summed E-state index contributed by atoms with van der Waals surface area (Å²) in [5, 5.41) is 0. The summed E-state index contributed by atoms with van der Waals surface area (Å²) >= 11 is 0. The van der Waals surface area contributed by atoms with Crippen LogP contribution in [0.15, 0.2) is 0 Å². The van der Waals surface area contributed by atoms with Gasteiger partial charge in [0, 0.05) is 11.8 Å². The predicted molar refractivity (Wildman–Crippen MR) is 86.5 cm³/mol. The number of esters is 2. The van der Waals surface area contributed by atoms with Crippen LogP contribution in [0.1, 0.15) is 39.5 Å². The molecule has 0 aromatic rings. The zero-order chi connectivity index (χ0) is 18.4. The molecule has 0 saturated heterocycles. The number of hydrogen-bond donors (Lipinski definition) is 0. The molecular formula is C18H26O7. The standard InChI is InChI=1S/C18H26O7/c1-11(19)13-3-5-15(13)17(21)24-9-7-23-8-10-25-18(22)16-6-4-14(16)12(2)20/h13-16H,3-10H2,1-2H3/t13-,14+,15+,16-. The summed E-state index contributed by atoms with van der Waals surface area (Å²) in [4.78, 5) is 46.1. The highest BCUT2D eigenvalue weighted by molar-refractivity contribution is 5.87. The van der Waals surface area contributed by atoms with E-state index >= 15 is 0 Å². The minimum atomic E-state index is -0.346. The normalized spacial score (nSPS) is 27.6. The van der Waals surface area contributed by atoms with Gasteiger partial charge in [0.15, 0.2) is 0 Å². The van der Waals surface area contributed by atoms with Gasteiger partial charge in [-0.05, 0) is 39.5 Å². The highest BCUT2D eigenvalue weighted by atomic mass is 16.6. The van der Waals surface area contributed by atoms with Crippen LogP contribution < -0.4 is 0 Å². The molecule has 140 valence electrons. The molecule has 4 atom stereocenters. The van der Waals surface area contributed by atoms with Crippen LogP contribution in [0.3, 0.4) is 0 Å². The van der Waals surface area contributed by atoms with Crippen molar-refractivity contribution in [3.8, 4) is 0 Å². The van der Waals surface area contributed by atoms with Crippen molar-refractivity contribution in [2.24, 2.45) is 23.7 Å². The monoisotopic (exact) mass is 354 g/mol. The lowest BCUT2D eigenvalue weighted by Crippen LogP contribution is -2.38. The maximum absolute atomic E-state index is 11.8. The molecule has 0 unspecified atom stereocenters. The fourth-order valence-electron chi connectivity index (χ4n) is 3.26. The van der Waals surface area contributed by atoms with Gasteiger partial charge in [0.25, 0.3) is 0 Å². The van der Waals surface area contributed by atoms with Crippen LogP contribution in [0.25, 0.3) is 0 Å². The smallest absolute Gasteiger partial charge is 0.309 e. The van der Waals surface area contributed by atoms with Crippen LogP contribution in [0.4, 0.5) is 0 Å². The molecule has 7 nitrogen and oxygen atoms in total. The van der Waals surface area contributed by atoms with Gasteiger partial charge in [0.05, 0.1) is 25.0 Å².